The van der Waals surface area contributed by atoms with Gasteiger partial charge in [-0.3, -0.25) is 0 Å². The predicted molar refractivity (Wildman–Crippen MR) is 157 cm³/mol. The van der Waals surface area contributed by atoms with Gasteiger partial charge in [0.2, 0.25) is 0 Å². The van der Waals surface area contributed by atoms with Gasteiger partial charge in [-0.2, -0.15) is 0 Å². The monoisotopic (exact) mass is 743 g/mol. The summed E-state index contributed by atoms with van der Waals surface area (Å²) in [5, 5.41) is 2.04. The molecule has 0 fully saturated rings. The van der Waals surface area contributed by atoms with Gasteiger partial charge in [-0.1, -0.05) is 41.3 Å². The van der Waals surface area contributed by atoms with Crippen LogP contribution in [0.2, 0.25) is 17.3 Å². The molecule has 0 aliphatic rings. The molecule has 0 amide bonds. The zero-order chi connectivity index (χ0) is 31.0. The van der Waals surface area contributed by atoms with Crippen LogP contribution in [0, 0.1) is 25.8 Å². The smallest absolute Gasteiger partial charge is 0.120 e. The molecule has 3 aromatic heterocycles. The van der Waals surface area contributed by atoms with Crippen molar-refractivity contribution in [2.75, 3.05) is 0 Å². The van der Waals surface area contributed by atoms with E-state index in [0.29, 0.717) is 11.3 Å². The van der Waals surface area contributed by atoms with Crippen LogP contribution < -0.4 is 4.40 Å². The van der Waals surface area contributed by atoms with Crippen LogP contribution in [0.1, 0.15) is 19.4 Å². The number of para-hydroxylation sites is 1. The van der Waals surface area contributed by atoms with E-state index in [1.807, 2.05) is 42.5 Å². The van der Waals surface area contributed by atoms with Gasteiger partial charge in [0.05, 0.1) is 5.58 Å². The summed E-state index contributed by atoms with van der Waals surface area (Å²) >= 11 is -1.88. The van der Waals surface area contributed by atoms with Gasteiger partial charge < -0.3 is 9.40 Å². The summed E-state index contributed by atoms with van der Waals surface area (Å²) in [6.45, 7) is -4.25. The first kappa shape index (κ1) is 20.9. The van der Waals surface area contributed by atoms with Gasteiger partial charge in [0.25, 0.3) is 0 Å². The first-order valence-electron chi connectivity index (χ1n) is 15.0. The number of rotatable bonds is 3. The van der Waals surface area contributed by atoms with Crippen molar-refractivity contribution in [3.63, 3.8) is 0 Å². The number of pyridine rings is 2. The maximum Gasteiger partial charge on any atom is 0.120 e. The molecule has 0 aliphatic heterocycles. The molecule has 3 nitrogen and oxygen atoms in total. The van der Waals surface area contributed by atoms with Crippen molar-refractivity contribution in [2.24, 2.45) is 0 Å². The van der Waals surface area contributed by atoms with Gasteiger partial charge in [0, 0.05) is 35.8 Å². The molecule has 6 rings (SSSR count). The first-order valence-corrected chi connectivity index (χ1v) is 19.3. The van der Waals surface area contributed by atoms with E-state index < -0.39 is 27.0 Å². The van der Waals surface area contributed by atoms with Gasteiger partial charge in [-0.05, 0) is 24.2 Å². The number of aryl methyl sites for hydroxylation is 2. The second-order valence-electron chi connectivity index (χ2n) is 9.80. The third-order valence-electron chi connectivity index (χ3n) is 6.07. The number of hydrogen-bond donors (Lipinski definition) is 0. The Morgan fingerprint density at radius 2 is 1.45 bits per heavy atom. The Labute approximate surface area is 249 Å². The van der Waals surface area contributed by atoms with Crippen LogP contribution in [-0.4, -0.2) is 23.2 Å². The zero-order valence-electron chi connectivity index (χ0n) is 27.3. The Morgan fingerprint density at radius 3 is 2.11 bits per heavy atom. The third kappa shape index (κ3) is 6.15. The minimum atomic E-state index is -2.15. The van der Waals surface area contributed by atoms with Crippen molar-refractivity contribution in [3.05, 3.63) is 115 Å². The molecule has 1 radical (unpaired) electrons. The molecule has 0 bridgehead atoms. The van der Waals surface area contributed by atoms with E-state index in [2.05, 4.69) is 51.5 Å². The minimum Gasteiger partial charge on any atom is -0.501 e. The van der Waals surface area contributed by atoms with Gasteiger partial charge >= 0.3 is 110 Å². The molecule has 0 saturated carbocycles. The molecular formula is C33H30GeIrN2O-2. The molecule has 0 atom stereocenters. The van der Waals surface area contributed by atoms with Crippen LogP contribution in [-0.2, 0) is 20.1 Å². The summed E-state index contributed by atoms with van der Waals surface area (Å²) < 4.78 is 51.7. The Kier molecular flexibility index (Phi) is 6.46. The zero-order valence-corrected chi connectivity index (χ0v) is 25.8. The van der Waals surface area contributed by atoms with Crippen molar-refractivity contribution >= 4 is 39.6 Å². The average molecular weight is 741 g/mol. The summed E-state index contributed by atoms with van der Waals surface area (Å²) in [6, 6.07) is 30.8. The molecular weight excluding hydrogens is 705 g/mol. The van der Waals surface area contributed by atoms with E-state index in [1.165, 1.54) is 16.8 Å². The Hall–Kier alpha value is -3.05. The van der Waals surface area contributed by atoms with Gasteiger partial charge in [-0.25, -0.2) is 0 Å². The summed E-state index contributed by atoms with van der Waals surface area (Å²) in [4.78, 5) is 8.55. The fourth-order valence-electron chi connectivity index (χ4n) is 4.06. The fourth-order valence-corrected chi connectivity index (χ4v) is 6.49. The van der Waals surface area contributed by atoms with Crippen LogP contribution in [0.5, 0.6) is 0 Å². The standard InChI is InChI=1S/C18H12NO.C15H18GeN.Ir/c1-12-9-10-16(19-11-12)15-7-4-6-14-13-5-2-3-8-17(13)20-18(14)15;1-12-8-9-15(17-11-12)13-6-5-7-14(10-13)16(2,3)4;/h2-6,8-11H,1H3;5,7-11H,1-4H3;/q2*-1;/i2*1D3;. The van der Waals surface area contributed by atoms with Gasteiger partial charge in [0.1, 0.15) is 5.58 Å². The summed E-state index contributed by atoms with van der Waals surface area (Å²) in [6.07, 6.45) is 2.82. The normalized spacial score (nSPS) is 14.1. The molecule has 3 aromatic carbocycles. The molecule has 3 heterocycles. The van der Waals surface area contributed by atoms with E-state index in [1.54, 1.807) is 24.3 Å². The average Bonchev–Trinajstić information content (AvgIpc) is 3.35. The third-order valence-corrected chi connectivity index (χ3v) is 10.4. The molecule has 5 heteroatoms. The number of benzene rings is 3. The van der Waals surface area contributed by atoms with E-state index in [0.717, 1.165) is 33.2 Å². The second-order valence-corrected chi connectivity index (χ2v) is 20.5. The quantitative estimate of drug-likeness (QED) is 0.136. The Bertz CT molecular complexity index is 1880. The molecule has 0 N–H and O–H groups in total. The topological polar surface area (TPSA) is 38.9 Å². The number of fused-ring (bicyclic) bond motifs is 3. The van der Waals surface area contributed by atoms with Crippen LogP contribution >= 0.6 is 0 Å². The summed E-state index contributed by atoms with van der Waals surface area (Å²) in [5.74, 6) is 7.01. The molecule has 0 aliphatic carbocycles. The summed E-state index contributed by atoms with van der Waals surface area (Å²) in [5.41, 5.74) is 5.08. The molecule has 193 valence electrons. The maximum absolute atomic E-state index is 7.42. The minimum absolute atomic E-state index is 0. The van der Waals surface area contributed by atoms with Gasteiger partial charge in [-0.15, -0.1) is 18.2 Å². The SMILES string of the molecule is [2H]C([2H])([2H])c1ccc(-c2[c-]cc[c]([Ge]([CH3])([CH3])[CH3])c2)nc1.[2H]C([2H])([2H])c1ccc(-c2[c-]ccc3c2oc2ccccc23)nc1.[Ir]. The van der Waals surface area contributed by atoms with E-state index in [4.69, 9.17) is 12.6 Å². The molecule has 6 aromatic rings. The van der Waals surface area contributed by atoms with Crippen molar-refractivity contribution in [3.8, 4) is 22.5 Å². The van der Waals surface area contributed by atoms with Crippen molar-refractivity contribution in [1.82, 2.24) is 9.97 Å². The number of nitrogens with zero attached hydrogens (tertiary/aromatic N) is 2. The Balaban J connectivity index is 0.000000199. The summed E-state index contributed by atoms with van der Waals surface area (Å²) in [7, 11) is 0. The van der Waals surface area contributed by atoms with Crippen LogP contribution in [0.15, 0.2) is 95.7 Å². The van der Waals surface area contributed by atoms with Crippen LogP contribution in [0.25, 0.3) is 44.5 Å². The molecule has 0 saturated heterocycles. The van der Waals surface area contributed by atoms with E-state index in [9.17, 15) is 0 Å². The number of hydrogen-bond acceptors (Lipinski definition) is 3. The van der Waals surface area contributed by atoms with E-state index in [-0.39, 0.29) is 31.2 Å². The largest absolute Gasteiger partial charge is 0.501 e. The second kappa shape index (κ2) is 11.8. The van der Waals surface area contributed by atoms with Crippen LogP contribution in [0.4, 0.5) is 0 Å². The molecule has 38 heavy (non-hydrogen) atoms. The molecule has 0 unspecified atom stereocenters. The fraction of sp³-hybridized carbons (Fsp3) is 0.152. The molecule has 0 spiro atoms. The van der Waals surface area contributed by atoms with Crippen LogP contribution in [0.3, 0.4) is 0 Å². The number of aromatic nitrogens is 2. The first-order chi connectivity index (χ1) is 20.2. The van der Waals surface area contributed by atoms with E-state index >= 15 is 0 Å². The van der Waals surface area contributed by atoms with Gasteiger partial charge in [0.15, 0.2) is 0 Å². The Morgan fingerprint density at radius 1 is 0.763 bits per heavy atom. The number of furan rings is 1. The van der Waals surface area contributed by atoms with Crippen molar-refractivity contribution in [1.29, 1.82) is 0 Å². The van der Waals surface area contributed by atoms with Crippen molar-refractivity contribution in [2.45, 2.75) is 31.0 Å². The maximum atomic E-state index is 7.42. The predicted octanol–water partition coefficient (Wildman–Crippen LogP) is 8.16. The van der Waals surface area contributed by atoms with Crippen molar-refractivity contribution < 1.29 is 32.7 Å².